The lowest BCUT2D eigenvalue weighted by atomic mass is 10.00. The van der Waals surface area contributed by atoms with Gasteiger partial charge in [-0.2, -0.15) is 0 Å². The van der Waals surface area contributed by atoms with Crippen LogP contribution in [0.2, 0.25) is 0 Å². The lowest BCUT2D eigenvalue weighted by Crippen LogP contribution is -2.23. The minimum Gasteiger partial charge on any atom is -0.329 e. The van der Waals surface area contributed by atoms with Crippen LogP contribution in [0.25, 0.3) is 16.7 Å². The number of fused-ring (bicyclic) bond motifs is 1. The number of nitrogens with zero attached hydrogens (tertiary/aromatic N) is 3. The van der Waals surface area contributed by atoms with E-state index in [2.05, 4.69) is 39.0 Å². The number of hydrogen-bond acceptors (Lipinski definition) is 3. The smallest absolute Gasteiger partial charge is 0.157 e. The van der Waals surface area contributed by atoms with Crippen molar-refractivity contribution in [3.05, 3.63) is 30.2 Å². The van der Waals surface area contributed by atoms with Crippen LogP contribution in [-0.2, 0) is 0 Å². The quantitative estimate of drug-likeness (QED) is 0.785. The van der Waals surface area contributed by atoms with Crippen molar-refractivity contribution in [3.8, 4) is 0 Å². The number of rotatable bonds is 1. The monoisotopic (exact) mass is 214 g/mol. The summed E-state index contributed by atoms with van der Waals surface area (Å²) in [5, 5.41) is 0. The van der Waals surface area contributed by atoms with Gasteiger partial charge in [0.15, 0.2) is 5.65 Å². The summed E-state index contributed by atoms with van der Waals surface area (Å²) in [7, 11) is 2.14. The highest BCUT2D eigenvalue weighted by molar-refractivity contribution is 5.86. The van der Waals surface area contributed by atoms with E-state index in [4.69, 9.17) is 0 Å². The molecule has 82 valence electrons. The Morgan fingerprint density at radius 2 is 2.31 bits per heavy atom. The highest BCUT2D eigenvalue weighted by Gasteiger charge is 2.13. The van der Waals surface area contributed by atoms with Crippen molar-refractivity contribution in [2.75, 3.05) is 20.1 Å². The zero-order chi connectivity index (χ0) is 11.0. The molecule has 0 amide bonds. The molecule has 3 rings (SSSR count). The summed E-state index contributed by atoms with van der Waals surface area (Å²) in [6.07, 6.45) is 6.92. The molecule has 1 aliphatic rings. The Balaban J connectivity index is 2.09. The third-order valence-electron chi connectivity index (χ3n) is 3.08. The molecule has 4 nitrogen and oxygen atoms in total. The van der Waals surface area contributed by atoms with Gasteiger partial charge in [-0.1, -0.05) is 6.08 Å². The zero-order valence-electron chi connectivity index (χ0n) is 9.27. The van der Waals surface area contributed by atoms with E-state index in [1.807, 2.05) is 6.20 Å². The van der Waals surface area contributed by atoms with Crippen molar-refractivity contribution < 1.29 is 0 Å². The molecule has 2 aromatic heterocycles. The predicted octanol–water partition coefficient (Wildman–Crippen LogP) is 1.68. The zero-order valence-corrected chi connectivity index (χ0v) is 9.27. The van der Waals surface area contributed by atoms with Gasteiger partial charge in [0.2, 0.25) is 0 Å². The predicted molar refractivity (Wildman–Crippen MR) is 64.0 cm³/mol. The van der Waals surface area contributed by atoms with Gasteiger partial charge >= 0.3 is 0 Å². The number of pyridine rings is 1. The van der Waals surface area contributed by atoms with Gasteiger partial charge in [0.1, 0.15) is 5.52 Å². The van der Waals surface area contributed by atoms with Crippen molar-refractivity contribution >= 4 is 16.7 Å². The Kier molecular flexibility index (Phi) is 2.22. The topological polar surface area (TPSA) is 44.8 Å². The molecule has 3 heterocycles. The molecule has 2 aromatic rings. The summed E-state index contributed by atoms with van der Waals surface area (Å²) in [6.45, 7) is 2.13. The first-order valence-electron chi connectivity index (χ1n) is 5.50. The summed E-state index contributed by atoms with van der Waals surface area (Å²) in [6, 6.07) is 2.06. The molecular formula is C12H14N4. The molecule has 0 saturated carbocycles. The largest absolute Gasteiger partial charge is 0.329 e. The van der Waals surface area contributed by atoms with Crippen molar-refractivity contribution in [2.24, 2.45) is 0 Å². The van der Waals surface area contributed by atoms with Gasteiger partial charge in [-0.05, 0) is 25.1 Å². The molecule has 16 heavy (non-hydrogen) atoms. The Labute approximate surface area is 94.0 Å². The second kappa shape index (κ2) is 3.72. The number of likely N-dealkylation sites (N-methyl/N-ethyl adjacent to an activating group) is 1. The summed E-state index contributed by atoms with van der Waals surface area (Å²) in [5.41, 5.74) is 4.47. The van der Waals surface area contributed by atoms with Crippen LogP contribution in [0, 0.1) is 0 Å². The summed E-state index contributed by atoms with van der Waals surface area (Å²) in [5.74, 6) is 0. The number of aromatic amines is 1. The fourth-order valence-electron chi connectivity index (χ4n) is 2.12. The van der Waals surface area contributed by atoms with Crippen molar-refractivity contribution in [2.45, 2.75) is 6.42 Å². The van der Waals surface area contributed by atoms with Gasteiger partial charge in [0, 0.05) is 24.8 Å². The van der Waals surface area contributed by atoms with Crippen LogP contribution < -0.4 is 0 Å². The van der Waals surface area contributed by atoms with E-state index in [0.29, 0.717) is 0 Å². The molecule has 0 bridgehead atoms. The van der Waals surface area contributed by atoms with E-state index in [1.165, 1.54) is 11.1 Å². The highest BCUT2D eigenvalue weighted by atomic mass is 15.1. The first kappa shape index (κ1) is 9.54. The summed E-state index contributed by atoms with van der Waals surface area (Å²) >= 11 is 0. The lowest BCUT2D eigenvalue weighted by Gasteiger charge is -2.22. The van der Waals surface area contributed by atoms with Crippen LogP contribution in [0.15, 0.2) is 24.7 Å². The molecule has 1 aliphatic heterocycles. The maximum absolute atomic E-state index is 4.34. The van der Waals surface area contributed by atoms with Crippen LogP contribution in [-0.4, -0.2) is 40.0 Å². The average Bonchev–Trinajstić information content (AvgIpc) is 2.78. The molecule has 0 unspecified atom stereocenters. The Hall–Kier alpha value is -1.68. The molecule has 0 radical (unpaired) electrons. The van der Waals surface area contributed by atoms with E-state index >= 15 is 0 Å². The lowest BCUT2D eigenvalue weighted by molar-refractivity contribution is 0.370. The maximum atomic E-state index is 4.34. The van der Waals surface area contributed by atoms with Gasteiger partial charge < -0.3 is 9.88 Å². The first-order valence-corrected chi connectivity index (χ1v) is 5.50. The van der Waals surface area contributed by atoms with Crippen LogP contribution in [0.1, 0.15) is 12.0 Å². The standard InChI is InChI=1S/C12H14N4/c1-16-6-3-9(4-7-16)10-2-5-13-12-11(10)14-8-15-12/h2-3,5,8H,4,6-7H2,1H3,(H,13,14,15). The number of imidazole rings is 1. The number of H-pyrrole nitrogens is 1. The van der Waals surface area contributed by atoms with Gasteiger partial charge in [0.25, 0.3) is 0 Å². The Bertz CT molecular complexity index is 541. The number of nitrogens with one attached hydrogen (secondary N) is 1. The van der Waals surface area contributed by atoms with Gasteiger partial charge in [-0.3, -0.25) is 0 Å². The SMILES string of the molecule is CN1CC=C(c2ccnc3[nH]cnc23)CC1. The van der Waals surface area contributed by atoms with E-state index in [9.17, 15) is 0 Å². The second-order valence-electron chi connectivity index (χ2n) is 4.20. The fourth-order valence-corrected chi connectivity index (χ4v) is 2.12. The average molecular weight is 214 g/mol. The summed E-state index contributed by atoms with van der Waals surface area (Å²) < 4.78 is 0. The van der Waals surface area contributed by atoms with Gasteiger partial charge in [0.05, 0.1) is 6.33 Å². The normalized spacial score (nSPS) is 17.7. The molecular weight excluding hydrogens is 200 g/mol. The molecule has 0 spiro atoms. The van der Waals surface area contributed by atoms with Crippen molar-refractivity contribution in [1.82, 2.24) is 19.9 Å². The van der Waals surface area contributed by atoms with E-state index in [1.54, 1.807) is 6.33 Å². The first-order chi connectivity index (χ1) is 7.84. The third kappa shape index (κ3) is 1.51. The minimum absolute atomic E-state index is 0.873. The maximum Gasteiger partial charge on any atom is 0.157 e. The summed E-state index contributed by atoms with van der Waals surface area (Å²) in [4.78, 5) is 14.0. The van der Waals surface area contributed by atoms with Crippen molar-refractivity contribution in [1.29, 1.82) is 0 Å². The Morgan fingerprint density at radius 3 is 3.12 bits per heavy atom. The van der Waals surface area contributed by atoms with Crippen LogP contribution in [0.3, 0.4) is 0 Å². The fraction of sp³-hybridized carbons (Fsp3) is 0.333. The molecule has 0 saturated heterocycles. The number of aromatic nitrogens is 3. The molecule has 0 fully saturated rings. The molecule has 1 N–H and O–H groups in total. The van der Waals surface area contributed by atoms with Crippen LogP contribution in [0.4, 0.5) is 0 Å². The molecule has 4 heteroatoms. The van der Waals surface area contributed by atoms with E-state index in [0.717, 1.165) is 30.7 Å². The molecule has 0 aliphatic carbocycles. The van der Waals surface area contributed by atoms with Gasteiger partial charge in [-0.25, -0.2) is 9.97 Å². The highest BCUT2D eigenvalue weighted by Crippen LogP contribution is 2.25. The van der Waals surface area contributed by atoms with Gasteiger partial charge in [-0.15, -0.1) is 0 Å². The second-order valence-corrected chi connectivity index (χ2v) is 4.20. The Morgan fingerprint density at radius 1 is 1.38 bits per heavy atom. The number of hydrogen-bond donors (Lipinski definition) is 1. The minimum atomic E-state index is 0.873. The van der Waals surface area contributed by atoms with Crippen LogP contribution >= 0.6 is 0 Å². The molecule has 0 aromatic carbocycles. The van der Waals surface area contributed by atoms with E-state index in [-0.39, 0.29) is 0 Å². The van der Waals surface area contributed by atoms with E-state index < -0.39 is 0 Å². The van der Waals surface area contributed by atoms with Crippen molar-refractivity contribution in [3.63, 3.8) is 0 Å². The van der Waals surface area contributed by atoms with Crippen LogP contribution in [0.5, 0.6) is 0 Å². The molecule has 0 atom stereocenters. The third-order valence-corrected chi connectivity index (χ3v) is 3.08.